The van der Waals surface area contributed by atoms with Crippen molar-refractivity contribution in [3.05, 3.63) is 47.7 Å². The van der Waals surface area contributed by atoms with E-state index >= 15 is 0 Å². The summed E-state index contributed by atoms with van der Waals surface area (Å²) in [6, 6.07) is 6.50. The minimum atomic E-state index is -0.968. The molecule has 1 aliphatic heterocycles. The molecule has 0 saturated carbocycles. The summed E-state index contributed by atoms with van der Waals surface area (Å²) in [6.07, 6.45) is 16.6. The molecular formula is C31H45F2NO3. The molecule has 1 aromatic carbocycles. The molecule has 1 aliphatic rings. The molecule has 2 aromatic rings. The first kappa shape index (κ1) is 29.5. The molecular weight excluding hydrogens is 472 g/mol. The Morgan fingerprint density at radius 1 is 0.784 bits per heavy atom. The van der Waals surface area contributed by atoms with Gasteiger partial charge in [-0.3, -0.25) is 4.98 Å². The Morgan fingerprint density at radius 3 is 2.08 bits per heavy atom. The molecule has 0 spiro atoms. The SMILES string of the molecule is CCCCCCCCOc1ccc(-c2ccc(C3OCC(CCCCCCCC)CO3)cn2)c(F)c1F. The predicted octanol–water partition coefficient (Wildman–Crippen LogP) is 9.18. The third-order valence-electron chi connectivity index (χ3n) is 7.07. The molecule has 37 heavy (non-hydrogen) atoms. The van der Waals surface area contributed by atoms with Crippen LogP contribution in [0.4, 0.5) is 8.78 Å². The van der Waals surface area contributed by atoms with Crippen molar-refractivity contribution in [1.29, 1.82) is 0 Å². The van der Waals surface area contributed by atoms with Gasteiger partial charge in [0, 0.05) is 23.2 Å². The van der Waals surface area contributed by atoms with Crippen LogP contribution in [0.1, 0.15) is 109 Å². The van der Waals surface area contributed by atoms with E-state index in [2.05, 4.69) is 18.8 Å². The molecule has 0 N–H and O–H groups in total. The smallest absolute Gasteiger partial charge is 0.201 e. The van der Waals surface area contributed by atoms with Gasteiger partial charge in [-0.15, -0.1) is 0 Å². The topological polar surface area (TPSA) is 40.6 Å². The van der Waals surface area contributed by atoms with Crippen molar-refractivity contribution >= 4 is 0 Å². The Bertz CT molecular complexity index is 898. The molecule has 1 saturated heterocycles. The highest BCUT2D eigenvalue weighted by Crippen LogP contribution is 2.31. The lowest BCUT2D eigenvalue weighted by Crippen LogP contribution is -2.27. The van der Waals surface area contributed by atoms with Crippen LogP contribution in [0.2, 0.25) is 0 Å². The van der Waals surface area contributed by atoms with Crippen molar-refractivity contribution in [2.24, 2.45) is 5.92 Å². The van der Waals surface area contributed by atoms with E-state index in [1.807, 2.05) is 0 Å². The van der Waals surface area contributed by atoms with E-state index in [9.17, 15) is 8.78 Å². The van der Waals surface area contributed by atoms with Gasteiger partial charge in [0.1, 0.15) is 0 Å². The highest BCUT2D eigenvalue weighted by Gasteiger charge is 2.24. The van der Waals surface area contributed by atoms with Crippen LogP contribution in [0, 0.1) is 17.6 Å². The summed E-state index contributed by atoms with van der Waals surface area (Å²) >= 11 is 0. The molecule has 1 aromatic heterocycles. The summed E-state index contributed by atoms with van der Waals surface area (Å²) in [5, 5.41) is 0. The molecule has 0 bridgehead atoms. The van der Waals surface area contributed by atoms with Crippen LogP contribution in [0.5, 0.6) is 5.75 Å². The second-order valence-corrected chi connectivity index (χ2v) is 10.3. The lowest BCUT2D eigenvalue weighted by atomic mass is 10.0. The van der Waals surface area contributed by atoms with Crippen molar-refractivity contribution in [2.75, 3.05) is 19.8 Å². The third kappa shape index (κ3) is 9.64. The maximum atomic E-state index is 14.8. The normalized spacial score (nSPS) is 17.7. The van der Waals surface area contributed by atoms with Gasteiger partial charge < -0.3 is 14.2 Å². The first-order valence-electron chi connectivity index (χ1n) is 14.4. The molecule has 3 rings (SSSR count). The average molecular weight is 518 g/mol. The maximum Gasteiger partial charge on any atom is 0.201 e. The van der Waals surface area contributed by atoms with Crippen LogP contribution in [0.25, 0.3) is 11.3 Å². The number of rotatable bonds is 17. The van der Waals surface area contributed by atoms with E-state index in [4.69, 9.17) is 14.2 Å². The first-order valence-corrected chi connectivity index (χ1v) is 14.4. The van der Waals surface area contributed by atoms with Gasteiger partial charge in [0.2, 0.25) is 5.82 Å². The average Bonchev–Trinajstić information content (AvgIpc) is 2.93. The Kier molecular flexibility index (Phi) is 13.3. The van der Waals surface area contributed by atoms with Gasteiger partial charge in [-0.2, -0.15) is 4.39 Å². The Labute approximate surface area is 222 Å². The molecule has 6 heteroatoms. The zero-order chi connectivity index (χ0) is 26.3. The van der Waals surface area contributed by atoms with Crippen LogP contribution in [0.15, 0.2) is 30.5 Å². The largest absolute Gasteiger partial charge is 0.490 e. The number of nitrogens with zero attached hydrogens (tertiary/aromatic N) is 1. The van der Waals surface area contributed by atoms with Crippen LogP contribution >= 0.6 is 0 Å². The molecule has 0 aliphatic carbocycles. The number of halogens is 2. The van der Waals surface area contributed by atoms with Crippen molar-refractivity contribution in [3.8, 4) is 17.0 Å². The van der Waals surface area contributed by atoms with Gasteiger partial charge >= 0.3 is 0 Å². The minimum Gasteiger partial charge on any atom is -0.490 e. The van der Waals surface area contributed by atoms with Gasteiger partial charge in [-0.1, -0.05) is 90.5 Å². The molecule has 1 fully saturated rings. The second kappa shape index (κ2) is 16.7. The quantitative estimate of drug-likeness (QED) is 0.196. The molecule has 0 atom stereocenters. The fourth-order valence-corrected chi connectivity index (χ4v) is 4.73. The Morgan fingerprint density at radius 2 is 1.43 bits per heavy atom. The Hall–Kier alpha value is -2.05. The molecule has 4 nitrogen and oxygen atoms in total. The molecule has 0 radical (unpaired) electrons. The molecule has 2 heterocycles. The summed E-state index contributed by atoms with van der Waals surface area (Å²) in [7, 11) is 0. The number of ether oxygens (including phenoxy) is 3. The summed E-state index contributed by atoms with van der Waals surface area (Å²) in [6.45, 7) is 6.14. The molecule has 206 valence electrons. The van der Waals surface area contributed by atoms with E-state index in [-0.39, 0.29) is 11.3 Å². The zero-order valence-electron chi connectivity index (χ0n) is 22.8. The standard InChI is InChI=1S/C31H45F2NO3/c1-3-5-7-9-11-13-15-24-22-36-31(37-23-24)25-16-18-27(34-21-25)26-17-19-28(30(33)29(26)32)35-20-14-12-10-8-6-4-2/h16-19,21,24,31H,3-15,20,22-23H2,1-2H3. The lowest BCUT2D eigenvalue weighted by Gasteiger charge is -2.29. The summed E-state index contributed by atoms with van der Waals surface area (Å²) in [5.74, 6) is -1.53. The summed E-state index contributed by atoms with van der Waals surface area (Å²) < 4.78 is 46.8. The van der Waals surface area contributed by atoms with Crippen molar-refractivity contribution in [1.82, 2.24) is 4.98 Å². The highest BCUT2D eigenvalue weighted by atomic mass is 19.2. The van der Waals surface area contributed by atoms with Crippen LogP contribution in [-0.4, -0.2) is 24.8 Å². The van der Waals surface area contributed by atoms with E-state index < -0.39 is 17.9 Å². The maximum absolute atomic E-state index is 14.8. The van der Waals surface area contributed by atoms with E-state index in [1.165, 1.54) is 69.9 Å². The van der Waals surface area contributed by atoms with Gasteiger partial charge in [0.05, 0.1) is 25.5 Å². The fourth-order valence-electron chi connectivity index (χ4n) is 4.73. The number of benzene rings is 1. The molecule has 0 unspecified atom stereocenters. The van der Waals surface area contributed by atoms with Crippen LogP contribution < -0.4 is 4.74 Å². The predicted molar refractivity (Wildman–Crippen MR) is 145 cm³/mol. The van der Waals surface area contributed by atoms with Crippen LogP contribution in [-0.2, 0) is 9.47 Å². The number of hydrogen-bond acceptors (Lipinski definition) is 4. The second-order valence-electron chi connectivity index (χ2n) is 10.3. The highest BCUT2D eigenvalue weighted by molar-refractivity contribution is 5.61. The van der Waals surface area contributed by atoms with E-state index in [0.29, 0.717) is 31.4 Å². The van der Waals surface area contributed by atoms with Crippen LogP contribution in [0.3, 0.4) is 0 Å². The summed E-state index contributed by atoms with van der Waals surface area (Å²) in [4.78, 5) is 4.36. The van der Waals surface area contributed by atoms with E-state index in [0.717, 1.165) is 31.2 Å². The number of unbranched alkanes of at least 4 members (excludes halogenated alkanes) is 10. The summed E-state index contributed by atoms with van der Waals surface area (Å²) in [5.41, 5.74) is 1.25. The van der Waals surface area contributed by atoms with Gasteiger partial charge in [0.25, 0.3) is 0 Å². The fraction of sp³-hybridized carbons (Fsp3) is 0.645. The third-order valence-corrected chi connectivity index (χ3v) is 7.07. The minimum absolute atomic E-state index is 0.0500. The lowest BCUT2D eigenvalue weighted by molar-refractivity contribution is -0.206. The number of hydrogen-bond donors (Lipinski definition) is 0. The monoisotopic (exact) mass is 517 g/mol. The first-order chi connectivity index (χ1) is 18.1. The zero-order valence-corrected chi connectivity index (χ0v) is 22.8. The number of aromatic nitrogens is 1. The van der Waals surface area contributed by atoms with Gasteiger partial charge in [0.15, 0.2) is 17.9 Å². The van der Waals surface area contributed by atoms with Crippen molar-refractivity contribution in [3.63, 3.8) is 0 Å². The van der Waals surface area contributed by atoms with Gasteiger partial charge in [-0.25, -0.2) is 4.39 Å². The van der Waals surface area contributed by atoms with E-state index in [1.54, 1.807) is 18.3 Å². The van der Waals surface area contributed by atoms with Crippen molar-refractivity contribution < 1.29 is 23.0 Å². The molecule has 0 amide bonds. The number of pyridine rings is 1. The Balaban J connectivity index is 1.45. The van der Waals surface area contributed by atoms with Crippen molar-refractivity contribution in [2.45, 2.75) is 104 Å². The van der Waals surface area contributed by atoms with Gasteiger partial charge in [-0.05, 0) is 31.0 Å².